The number of fused-ring (bicyclic) bond motifs is 1. The molecule has 0 spiro atoms. The highest BCUT2D eigenvalue weighted by molar-refractivity contribution is 6.34. The number of nitrogens with one attached hydrogen (secondary N) is 1. The summed E-state index contributed by atoms with van der Waals surface area (Å²) in [6, 6.07) is 8.07. The van der Waals surface area contributed by atoms with Gasteiger partial charge in [0.25, 0.3) is 5.78 Å². The van der Waals surface area contributed by atoms with E-state index in [2.05, 4.69) is 25.3 Å². The molecule has 9 heteroatoms. The van der Waals surface area contributed by atoms with E-state index in [-0.39, 0.29) is 0 Å². The van der Waals surface area contributed by atoms with Crippen LogP contribution in [-0.4, -0.2) is 50.7 Å². The molecular weight excluding hydrogens is 399 g/mol. The van der Waals surface area contributed by atoms with Gasteiger partial charge in [0.15, 0.2) is 0 Å². The molecule has 1 fully saturated rings. The lowest BCUT2D eigenvalue weighted by atomic mass is 10.0. The van der Waals surface area contributed by atoms with Crippen LogP contribution >= 0.6 is 23.2 Å². The highest BCUT2D eigenvalue weighted by Crippen LogP contribution is 2.23. The molecule has 7 nitrogen and oxygen atoms in total. The van der Waals surface area contributed by atoms with Gasteiger partial charge in [0, 0.05) is 48.9 Å². The van der Waals surface area contributed by atoms with Crippen LogP contribution in [0.15, 0.2) is 30.6 Å². The highest BCUT2D eigenvalue weighted by atomic mass is 35.5. The zero-order valence-electron chi connectivity index (χ0n) is 15.6. The van der Waals surface area contributed by atoms with E-state index in [1.165, 1.54) is 6.33 Å². The summed E-state index contributed by atoms with van der Waals surface area (Å²) >= 11 is 12.2. The van der Waals surface area contributed by atoms with Crippen molar-refractivity contribution < 1.29 is 4.74 Å². The van der Waals surface area contributed by atoms with Crippen LogP contribution in [0.2, 0.25) is 10.0 Å². The summed E-state index contributed by atoms with van der Waals surface area (Å²) in [6.07, 6.45) is 3.58. The van der Waals surface area contributed by atoms with Crippen LogP contribution in [0.1, 0.15) is 24.1 Å². The molecule has 0 saturated carbocycles. The SMILES string of the molecule is COCc1cc(NC2CCN(Cc3cc(Cl)cc(Cl)c3)CC2)n2ncnc2n1. The predicted molar refractivity (Wildman–Crippen MR) is 110 cm³/mol. The smallest absolute Gasteiger partial charge is 0.254 e. The number of halogens is 2. The third-order valence-electron chi connectivity index (χ3n) is 4.87. The minimum absolute atomic E-state index is 0.365. The van der Waals surface area contributed by atoms with Gasteiger partial charge in [0.2, 0.25) is 0 Å². The minimum Gasteiger partial charge on any atom is -0.378 e. The Hall–Kier alpha value is -1.93. The third kappa shape index (κ3) is 4.55. The quantitative estimate of drug-likeness (QED) is 0.656. The standard InChI is InChI=1S/C19H22Cl2N6O/c1-28-11-17-9-18(27-19(25-17)22-12-23-27)24-16-2-4-26(5-3-16)10-13-6-14(20)8-15(21)7-13/h6-9,12,16,24H,2-5,10-11H2,1H3. The molecule has 1 aromatic carbocycles. The van der Waals surface area contributed by atoms with Gasteiger partial charge in [-0.05, 0) is 36.6 Å². The molecule has 0 aliphatic carbocycles. The van der Waals surface area contributed by atoms with E-state index in [1.807, 2.05) is 18.2 Å². The van der Waals surface area contributed by atoms with Gasteiger partial charge in [-0.2, -0.15) is 14.6 Å². The molecule has 148 valence electrons. The molecule has 0 atom stereocenters. The average Bonchev–Trinajstić information content (AvgIpc) is 3.12. The zero-order chi connectivity index (χ0) is 19.5. The van der Waals surface area contributed by atoms with E-state index < -0.39 is 0 Å². The second kappa shape index (κ2) is 8.61. The number of ether oxygens (including phenoxy) is 1. The molecule has 1 aliphatic rings. The van der Waals surface area contributed by atoms with Crippen molar-refractivity contribution in [3.8, 4) is 0 Å². The number of likely N-dealkylation sites (tertiary alicyclic amines) is 1. The number of aromatic nitrogens is 4. The van der Waals surface area contributed by atoms with Crippen LogP contribution in [0, 0.1) is 0 Å². The largest absolute Gasteiger partial charge is 0.378 e. The van der Waals surface area contributed by atoms with Gasteiger partial charge in [-0.1, -0.05) is 23.2 Å². The van der Waals surface area contributed by atoms with Gasteiger partial charge < -0.3 is 10.1 Å². The highest BCUT2D eigenvalue weighted by Gasteiger charge is 2.21. The van der Waals surface area contributed by atoms with E-state index in [4.69, 9.17) is 27.9 Å². The second-order valence-corrected chi connectivity index (χ2v) is 7.88. The molecule has 2 aromatic heterocycles. The Bertz CT molecular complexity index is 934. The molecule has 1 N–H and O–H groups in total. The van der Waals surface area contributed by atoms with Crippen molar-refractivity contribution in [2.75, 3.05) is 25.5 Å². The van der Waals surface area contributed by atoms with E-state index in [1.54, 1.807) is 17.7 Å². The first-order chi connectivity index (χ1) is 13.6. The van der Waals surface area contributed by atoms with Gasteiger partial charge in [-0.3, -0.25) is 4.90 Å². The lowest BCUT2D eigenvalue weighted by Gasteiger charge is -2.33. The van der Waals surface area contributed by atoms with Crippen molar-refractivity contribution >= 4 is 34.8 Å². The van der Waals surface area contributed by atoms with Crippen molar-refractivity contribution in [1.82, 2.24) is 24.5 Å². The fourth-order valence-electron chi connectivity index (χ4n) is 3.59. The maximum absolute atomic E-state index is 6.11. The minimum atomic E-state index is 0.365. The van der Waals surface area contributed by atoms with Crippen molar-refractivity contribution in [2.24, 2.45) is 0 Å². The van der Waals surface area contributed by atoms with Crippen molar-refractivity contribution in [1.29, 1.82) is 0 Å². The number of hydrogen-bond donors (Lipinski definition) is 1. The molecule has 3 heterocycles. The second-order valence-electron chi connectivity index (χ2n) is 7.01. The van der Waals surface area contributed by atoms with Crippen molar-refractivity contribution in [3.63, 3.8) is 0 Å². The summed E-state index contributed by atoms with van der Waals surface area (Å²) in [4.78, 5) is 11.1. The normalized spacial score (nSPS) is 16.0. The van der Waals surface area contributed by atoms with Crippen LogP contribution in [0.3, 0.4) is 0 Å². The van der Waals surface area contributed by atoms with Gasteiger partial charge in [0.05, 0.1) is 12.3 Å². The Morgan fingerprint density at radius 3 is 2.61 bits per heavy atom. The average molecular weight is 421 g/mol. The molecule has 3 aromatic rings. The summed E-state index contributed by atoms with van der Waals surface area (Å²) in [5.74, 6) is 1.47. The van der Waals surface area contributed by atoms with Crippen LogP contribution in [0.4, 0.5) is 5.82 Å². The maximum atomic E-state index is 6.11. The Morgan fingerprint density at radius 1 is 1.14 bits per heavy atom. The molecule has 0 bridgehead atoms. The Labute approximate surface area is 173 Å². The molecular formula is C19H22Cl2N6O. The summed E-state index contributed by atoms with van der Waals surface area (Å²) in [7, 11) is 1.66. The summed E-state index contributed by atoms with van der Waals surface area (Å²) in [5.41, 5.74) is 1.98. The first-order valence-corrected chi connectivity index (χ1v) is 9.99. The number of benzene rings is 1. The number of hydrogen-bond acceptors (Lipinski definition) is 6. The topological polar surface area (TPSA) is 67.6 Å². The number of piperidine rings is 1. The maximum Gasteiger partial charge on any atom is 0.254 e. The summed E-state index contributed by atoms with van der Waals surface area (Å²) < 4.78 is 6.95. The summed E-state index contributed by atoms with van der Waals surface area (Å²) in [6.45, 7) is 3.29. The number of nitrogens with zero attached hydrogens (tertiary/aromatic N) is 5. The van der Waals surface area contributed by atoms with Crippen molar-refractivity contribution in [3.05, 3.63) is 51.9 Å². The lowest BCUT2D eigenvalue weighted by Crippen LogP contribution is -2.39. The van der Waals surface area contributed by atoms with Crippen LogP contribution in [-0.2, 0) is 17.9 Å². The Morgan fingerprint density at radius 2 is 1.89 bits per heavy atom. The van der Waals surface area contributed by atoms with Gasteiger partial charge >= 0.3 is 0 Å². The van der Waals surface area contributed by atoms with E-state index >= 15 is 0 Å². The molecule has 0 radical (unpaired) electrons. The fourth-order valence-corrected chi connectivity index (χ4v) is 4.16. The van der Waals surface area contributed by atoms with E-state index in [0.29, 0.717) is 28.5 Å². The third-order valence-corrected chi connectivity index (χ3v) is 5.30. The summed E-state index contributed by atoms with van der Waals surface area (Å²) in [5, 5.41) is 9.25. The van der Waals surface area contributed by atoms with Crippen molar-refractivity contribution in [2.45, 2.75) is 32.0 Å². The van der Waals surface area contributed by atoms with E-state index in [0.717, 1.165) is 49.6 Å². The number of methoxy groups -OCH3 is 1. The first-order valence-electron chi connectivity index (χ1n) is 9.23. The van der Waals surface area contributed by atoms with Crippen LogP contribution < -0.4 is 5.32 Å². The van der Waals surface area contributed by atoms with Crippen LogP contribution in [0.5, 0.6) is 0 Å². The molecule has 4 rings (SSSR count). The van der Waals surface area contributed by atoms with E-state index in [9.17, 15) is 0 Å². The van der Waals surface area contributed by atoms with Crippen LogP contribution in [0.25, 0.3) is 5.78 Å². The molecule has 28 heavy (non-hydrogen) atoms. The van der Waals surface area contributed by atoms with Gasteiger partial charge in [0.1, 0.15) is 12.1 Å². The first kappa shape index (κ1) is 19.4. The number of rotatable bonds is 6. The lowest BCUT2D eigenvalue weighted by molar-refractivity contribution is 0.181. The number of anilines is 1. The predicted octanol–water partition coefficient (Wildman–Crippen LogP) is 3.65. The fraction of sp³-hybridized carbons (Fsp3) is 0.421. The van der Waals surface area contributed by atoms with Gasteiger partial charge in [-0.25, -0.2) is 4.98 Å². The van der Waals surface area contributed by atoms with Gasteiger partial charge in [-0.15, -0.1) is 0 Å². The molecule has 0 amide bonds. The molecule has 0 unspecified atom stereocenters. The Balaban J connectivity index is 1.39. The molecule has 1 saturated heterocycles. The Kier molecular flexibility index (Phi) is 5.96. The molecule has 1 aliphatic heterocycles. The zero-order valence-corrected chi connectivity index (χ0v) is 17.1. The monoisotopic (exact) mass is 420 g/mol.